The lowest BCUT2D eigenvalue weighted by Crippen LogP contribution is -2.28. The number of nitrogens with one attached hydrogen (secondary N) is 1. The zero-order chi connectivity index (χ0) is 25.4. The monoisotopic (exact) mass is 562 g/mol. The first-order valence-electron chi connectivity index (χ1n) is 11.3. The Kier molecular flexibility index (Phi) is 6.96. The minimum atomic E-state index is -3.97. The van der Waals surface area contributed by atoms with Gasteiger partial charge in [0.05, 0.1) is 5.52 Å². The minimum Gasteiger partial charge on any atom is -0.339 e. The van der Waals surface area contributed by atoms with Crippen molar-refractivity contribution in [2.75, 3.05) is 0 Å². The van der Waals surface area contributed by atoms with Gasteiger partial charge in [-0.25, -0.2) is 17.5 Å². The average Bonchev–Trinajstić information content (AvgIpc) is 3.47. The third-order valence-corrected chi connectivity index (χ3v) is 9.55. The van der Waals surface area contributed by atoms with Gasteiger partial charge in [0.2, 0.25) is 0 Å². The van der Waals surface area contributed by atoms with Crippen LogP contribution in [-0.4, -0.2) is 18.9 Å². The molecule has 0 atom stereocenters. The number of aryl methyl sites for hydroxylation is 1. The fraction of sp³-hybridized carbons (Fsp3) is 0.192. The van der Waals surface area contributed by atoms with Gasteiger partial charge in [0, 0.05) is 39.3 Å². The van der Waals surface area contributed by atoms with Crippen LogP contribution in [0.5, 0.6) is 0 Å². The van der Waals surface area contributed by atoms with Crippen LogP contribution in [0, 0.1) is 5.82 Å². The highest BCUT2D eigenvalue weighted by molar-refractivity contribution is 7.92. The second-order valence-electron chi connectivity index (χ2n) is 8.58. The van der Waals surface area contributed by atoms with Gasteiger partial charge in [-0.1, -0.05) is 35.3 Å². The SMILES string of the molecule is O=C(/C=C/c1cc(F)cc2c3c(n(Cc4ccc(Cl)cc4Cl)c12)CCCC3)NS(=O)(=O)c1cccs1. The maximum Gasteiger partial charge on any atom is 0.273 e. The molecule has 4 aromatic rings. The number of benzene rings is 2. The van der Waals surface area contributed by atoms with Crippen LogP contribution >= 0.6 is 34.5 Å². The number of carbonyl (C=O) groups excluding carboxylic acids is 1. The van der Waals surface area contributed by atoms with Gasteiger partial charge < -0.3 is 4.57 Å². The van der Waals surface area contributed by atoms with E-state index in [-0.39, 0.29) is 4.21 Å². The highest BCUT2D eigenvalue weighted by atomic mass is 35.5. The zero-order valence-electron chi connectivity index (χ0n) is 18.9. The minimum absolute atomic E-state index is 0.0405. The number of halogens is 3. The van der Waals surface area contributed by atoms with Crippen LogP contribution in [-0.2, 0) is 34.2 Å². The molecule has 1 aliphatic rings. The quantitative estimate of drug-likeness (QED) is 0.269. The highest BCUT2D eigenvalue weighted by Gasteiger charge is 2.23. The Hall–Kier alpha value is -2.65. The lowest BCUT2D eigenvalue weighted by Gasteiger charge is -2.17. The lowest BCUT2D eigenvalue weighted by atomic mass is 9.95. The van der Waals surface area contributed by atoms with Gasteiger partial charge in [-0.15, -0.1) is 11.3 Å². The molecule has 5 rings (SSSR count). The number of amides is 1. The normalized spacial score (nSPS) is 13.9. The van der Waals surface area contributed by atoms with Crippen LogP contribution in [0.1, 0.15) is 35.2 Å². The van der Waals surface area contributed by atoms with E-state index in [9.17, 15) is 17.6 Å². The van der Waals surface area contributed by atoms with Crippen LogP contribution in [0.15, 0.2) is 58.1 Å². The molecule has 0 aliphatic heterocycles. The summed E-state index contributed by atoms with van der Waals surface area (Å²) in [5, 5.41) is 3.48. The van der Waals surface area contributed by atoms with E-state index in [1.165, 1.54) is 24.3 Å². The number of hydrogen-bond acceptors (Lipinski definition) is 4. The zero-order valence-corrected chi connectivity index (χ0v) is 22.1. The van der Waals surface area contributed by atoms with Gasteiger partial charge in [-0.2, -0.15) is 0 Å². The van der Waals surface area contributed by atoms with Crippen LogP contribution in [0.3, 0.4) is 0 Å². The molecule has 0 bridgehead atoms. The van der Waals surface area contributed by atoms with Crippen molar-refractivity contribution < 1.29 is 17.6 Å². The first-order chi connectivity index (χ1) is 17.2. The molecular weight excluding hydrogens is 542 g/mol. The van der Waals surface area contributed by atoms with Gasteiger partial charge in [0.15, 0.2) is 0 Å². The number of nitrogens with zero attached hydrogens (tertiary/aromatic N) is 1. The Morgan fingerprint density at radius 2 is 1.94 bits per heavy atom. The van der Waals surface area contributed by atoms with E-state index in [1.54, 1.807) is 23.6 Å². The Morgan fingerprint density at radius 1 is 1.14 bits per heavy atom. The van der Waals surface area contributed by atoms with Crippen LogP contribution in [0.25, 0.3) is 17.0 Å². The second-order valence-corrected chi connectivity index (χ2v) is 12.3. The third-order valence-electron chi connectivity index (χ3n) is 6.22. The number of thiophene rings is 1. The topological polar surface area (TPSA) is 68.2 Å². The Balaban J connectivity index is 1.57. The van der Waals surface area contributed by atoms with Crippen molar-refractivity contribution in [3.63, 3.8) is 0 Å². The fourth-order valence-corrected chi connectivity index (χ4v) is 7.09. The molecular formula is C26H21Cl2FN2O3S2. The van der Waals surface area contributed by atoms with Crippen molar-refractivity contribution in [3.05, 3.63) is 92.2 Å². The summed E-state index contributed by atoms with van der Waals surface area (Å²) in [6.45, 7) is 0.452. The molecule has 10 heteroatoms. The predicted octanol–water partition coefficient (Wildman–Crippen LogP) is 6.59. The molecule has 2 aromatic carbocycles. The summed E-state index contributed by atoms with van der Waals surface area (Å²) in [5.74, 6) is -1.24. The molecule has 0 saturated heterocycles. The van der Waals surface area contributed by atoms with Crippen molar-refractivity contribution in [1.82, 2.24) is 9.29 Å². The van der Waals surface area contributed by atoms with Gasteiger partial charge in [0.1, 0.15) is 10.0 Å². The van der Waals surface area contributed by atoms with E-state index >= 15 is 0 Å². The third kappa shape index (κ3) is 4.95. The maximum atomic E-state index is 14.7. The molecule has 2 heterocycles. The Morgan fingerprint density at radius 3 is 2.69 bits per heavy atom. The molecule has 0 saturated carbocycles. The van der Waals surface area contributed by atoms with Crippen molar-refractivity contribution in [3.8, 4) is 0 Å². The van der Waals surface area contributed by atoms with Crippen molar-refractivity contribution >= 4 is 67.4 Å². The average molecular weight is 564 g/mol. The number of sulfonamides is 1. The molecule has 1 N–H and O–H groups in total. The standard InChI is InChI=1S/C26H21Cl2FN2O3S2/c27-18-9-7-17(22(28)13-18)15-31-23-5-2-1-4-20(23)21-14-19(29)12-16(26(21)31)8-10-24(32)30-36(33,34)25-6-3-11-35-25/h3,6-14H,1-2,4-5,15H2,(H,30,32)/b10-8+. The molecule has 0 radical (unpaired) electrons. The molecule has 1 amide bonds. The van der Waals surface area contributed by atoms with E-state index in [2.05, 4.69) is 4.57 Å². The first-order valence-corrected chi connectivity index (χ1v) is 14.4. The predicted molar refractivity (Wildman–Crippen MR) is 143 cm³/mol. The van der Waals surface area contributed by atoms with Crippen LogP contribution in [0.2, 0.25) is 10.0 Å². The molecule has 1 aliphatic carbocycles. The van der Waals surface area contributed by atoms with E-state index in [4.69, 9.17) is 23.2 Å². The summed E-state index contributed by atoms with van der Waals surface area (Å²) in [6, 6.07) is 11.2. The fourth-order valence-electron chi connectivity index (χ4n) is 4.68. The molecule has 0 spiro atoms. The summed E-state index contributed by atoms with van der Waals surface area (Å²) in [7, 11) is -3.97. The van der Waals surface area contributed by atoms with E-state index in [1.807, 2.05) is 10.8 Å². The Bertz CT molecular complexity index is 1610. The number of fused-ring (bicyclic) bond motifs is 3. The highest BCUT2D eigenvalue weighted by Crippen LogP contribution is 2.36. The van der Waals surface area contributed by atoms with E-state index in [0.717, 1.165) is 70.8 Å². The molecule has 0 fully saturated rings. The van der Waals surface area contributed by atoms with Crippen LogP contribution < -0.4 is 4.72 Å². The number of carbonyl (C=O) groups is 1. The summed E-state index contributed by atoms with van der Waals surface area (Å²) in [6.07, 6.45) is 6.28. The first kappa shape index (κ1) is 25.0. The number of hydrogen-bond donors (Lipinski definition) is 1. The van der Waals surface area contributed by atoms with Crippen molar-refractivity contribution in [1.29, 1.82) is 0 Å². The van der Waals surface area contributed by atoms with Crippen LogP contribution in [0.4, 0.5) is 4.39 Å². The van der Waals surface area contributed by atoms with Gasteiger partial charge in [0.25, 0.3) is 15.9 Å². The summed E-state index contributed by atoms with van der Waals surface area (Å²) >= 11 is 13.6. The second kappa shape index (κ2) is 10.0. The Labute approximate surface area is 222 Å². The van der Waals surface area contributed by atoms with E-state index < -0.39 is 21.7 Å². The largest absolute Gasteiger partial charge is 0.339 e. The van der Waals surface area contributed by atoms with Gasteiger partial charge in [-0.3, -0.25) is 4.79 Å². The number of rotatable bonds is 6. The number of aromatic nitrogens is 1. The summed E-state index contributed by atoms with van der Waals surface area (Å²) in [4.78, 5) is 12.5. The summed E-state index contributed by atoms with van der Waals surface area (Å²) < 4.78 is 43.7. The molecule has 36 heavy (non-hydrogen) atoms. The lowest BCUT2D eigenvalue weighted by molar-refractivity contribution is -0.114. The molecule has 5 nitrogen and oxygen atoms in total. The van der Waals surface area contributed by atoms with Crippen molar-refractivity contribution in [2.45, 2.75) is 36.4 Å². The smallest absolute Gasteiger partial charge is 0.273 e. The van der Waals surface area contributed by atoms with Gasteiger partial charge in [-0.05, 0) is 78.6 Å². The molecule has 2 aromatic heterocycles. The van der Waals surface area contributed by atoms with E-state index in [0.29, 0.717) is 22.2 Å². The molecule has 0 unspecified atom stereocenters. The molecule has 186 valence electrons. The summed E-state index contributed by atoms with van der Waals surface area (Å²) in [5.41, 5.74) is 4.34. The van der Waals surface area contributed by atoms with Crippen molar-refractivity contribution in [2.24, 2.45) is 0 Å². The maximum absolute atomic E-state index is 14.7. The van der Waals surface area contributed by atoms with Gasteiger partial charge >= 0.3 is 0 Å².